The molecule has 10 heteroatoms. The molecule has 1 N–H and O–H groups in total. The summed E-state index contributed by atoms with van der Waals surface area (Å²) in [5.74, 6) is -0.521. The van der Waals surface area contributed by atoms with Crippen LogP contribution in [0.5, 0.6) is 0 Å². The van der Waals surface area contributed by atoms with Crippen molar-refractivity contribution in [3.8, 4) is 0 Å². The number of carbonyl (C=O) groups excluding carboxylic acids is 2. The number of nitrogens with zero attached hydrogens (tertiary/aromatic N) is 3. The van der Waals surface area contributed by atoms with Gasteiger partial charge in [-0.2, -0.15) is 5.10 Å². The zero-order valence-electron chi connectivity index (χ0n) is 15.6. The number of benzene rings is 3. The van der Waals surface area contributed by atoms with Crippen LogP contribution < -0.4 is 5.43 Å². The van der Waals surface area contributed by atoms with Crippen LogP contribution in [0.3, 0.4) is 0 Å². The Labute approximate surface area is 174 Å². The van der Waals surface area contributed by atoms with E-state index in [-0.39, 0.29) is 22.8 Å². The molecule has 0 aromatic heterocycles. The number of hydrogen-bond acceptors (Lipinski definition) is 8. The third-order valence-corrected chi connectivity index (χ3v) is 4.74. The molecular formula is C21H12N4O6. The molecule has 0 bridgehead atoms. The van der Waals surface area contributed by atoms with E-state index < -0.39 is 21.2 Å². The quantitative estimate of drug-likeness (QED) is 0.296. The van der Waals surface area contributed by atoms with Crippen molar-refractivity contribution in [2.24, 2.45) is 5.10 Å². The highest BCUT2D eigenvalue weighted by molar-refractivity contribution is 6.28. The summed E-state index contributed by atoms with van der Waals surface area (Å²) in [6.45, 7) is 0. The molecule has 31 heavy (non-hydrogen) atoms. The Hall–Kier alpha value is -4.73. The molecule has 0 unspecified atom stereocenters. The Morgan fingerprint density at radius 2 is 1.42 bits per heavy atom. The van der Waals surface area contributed by atoms with Gasteiger partial charge in [-0.15, -0.1) is 0 Å². The number of hydrogen-bond donors (Lipinski definition) is 1. The molecular weight excluding hydrogens is 404 g/mol. The van der Waals surface area contributed by atoms with Crippen molar-refractivity contribution in [1.29, 1.82) is 0 Å². The summed E-state index contributed by atoms with van der Waals surface area (Å²) < 4.78 is 0. The van der Waals surface area contributed by atoms with Crippen molar-refractivity contribution in [2.45, 2.75) is 0 Å². The van der Waals surface area contributed by atoms with E-state index >= 15 is 0 Å². The van der Waals surface area contributed by atoms with Gasteiger partial charge in [0.15, 0.2) is 11.6 Å². The van der Waals surface area contributed by atoms with Crippen LogP contribution in [0.1, 0.15) is 37.4 Å². The van der Waals surface area contributed by atoms with Gasteiger partial charge < -0.3 is 0 Å². The van der Waals surface area contributed by atoms with E-state index in [0.717, 1.165) is 12.1 Å². The van der Waals surface area contributed by atoms with E-state index in [0.29, 0.717) is 22.3 Å². The van der Waals surface area contributed by atoms with E-state index in [2.05, 4.69) is 10.5 Å². The molecule has 0 amide bonds. The topological polar surface area (TPSA) is 145 Å². The zero-order chi connectivity index (χ0) is 22.1. The van der Waals surface area contributed by atoms with Gasteiger partial charge in [-0.05, 0) is 23.8 Å². The van der Waals surface area contributed by atoms with Crippen LogP contribution in [-0.4, -0.2) is 27.6 Å². The number of carbonyl (C=O) groups is 2. The zero-order valence-corrected chi connectivity index (χ0v) is 15.6. The number of ketones is 2. The average molecular weight is 416 g/mol. The van der Waals surface area contributed by atoms with E-state index in [9.17, 15) is 29.8 Å². The molecule has 3 aromatic rings. The molecule has 4 rings (SSSR count). The number of rotatable bonds is 5. The largest absolute Gasteiger partial charge is 0.301 e. The minimum absolute atomic E-state index is 0.0370. The molecule has 0 atom stereocenters. The lowest BCUT2D eigenvalue weighted by molar-refractivity contribution is -0.393. The van der Waals surface area contributed by atoms with Gasteiger partial charge in [0.2, 0.25) is 0 Å². The normalized spacial score (nSPS) is 12.4. The molecule has 0 radical (unpaired) electrons. The second-order valence-corrected chi connectivity index (χ2v) is 6.59. The summed E-state index contributed by atoms with van der Waals surface area (Å²) in [5.41, 5.74) is 3.22. The highest BCUT2D eigenvalue weighted by Crippen LogP contribution is 2.29. The van der Waals surface area contributed by atoms with Crippen LogP contribution in [0.15, 0.2) is 65.8 Å². The molecule has 0 fully saturated rings. The molecule has 0 saturated heterocycles. The van der Waals surface area contributed by atoms with Gasteiger partial charge in [0, 0.05) is 28.3 Å². The van der Waals surface area contributed by atoms with E-state index in [1.54, 1.807) is 30.3 Å². The number of anilines is 1. The van der Waals surface area contributed by atoms with Crippen molar-refractivity contribution >= 4 is 34.8 Å². The molecule has 0 heterocycles. The Kier molecular flexibility index (Phi) is 4.80. The van der Waals surface area contributed by atoms with E-state index in [1.165, 1.54) is 24.4 Å². The highest BCUT2D eigenvalue weighted by atomic mass is 16.6. The van der Waals surface area contributed by atoms with Gasteiger partial charge in [-0.1, -0.05) is 30.3 Å². The van der Waals surface area contributed by atoms with Gasteiger partial charge in [0.05, 0.1) is 22.1 Å². The smallest absolute Gasteiger partial charge is 0.289 e. The minimum Gasteiger partial charge on any atom is -0.289 e. The van der Waals surface area contributed by atoms with Crippen molar-refractivity contribution < 1.29 is 19.4 Å². The lowest BCUT2D eigenvalue weighted by Crippen LogP contribution is -2.20. The summed E-state index contributed by atoms with van der Waals surface area (Å²) in [5, 5.41) is 25.9. The maximum Gasteiger partial charge on any atom is 0.301 e. The maximum absolute atomic E-state index is 12.8. The Bertz CT molecular complexity index is 1310. The third-order valence-electron chi connectivity index (χ3n) is 4.74. The first-order valence-corrected chi connectivity index (χ1v) is 8.91. The molecule has 0 aliphatic heterocycles. The van der Waals surface area contributed by atoms with Crippen LogP contribution >= 0.6 is 0 Å². The van der Waals surface area contributed by atoms with Gasteiger partial charge in [0.25, 0.3) is 5.69 Å². The van der Waals surface area contributed by atoms with Crippen LogP contribution in [0.2, 0.25) is 0 Å². The first-order chi connectivity index (χ1) is 14.9. The second-order valence-electron chi connectivity index (χ2n) is 6.59. The summed E-state index contributed by atoms with van der Waals surface area (Å²) >= 11 is 0. The van der Waals surface area contributed by atoms with Crippen LogP contribution in [0.25, 0.3) is 0 Å². The van der Waals surface area contributed by atoms with Gasteiger partial charge >= 0.3 is 5.69 Å². The Morgan fingerprint density at radius 3 is 2.06 bits per heavy atom. The Morgan fingerprint density at radius 1 is 0.774 bits per heavy atom. The standard InChI is InChI=1S/C21H12N4O6/c26-20-14-3-1-2-4-15(14)21(27)17-9-12(5-7-16(17)20)11-22-23-18-8-6-13(24(28)29)10-19(18)25(30)31/h1-11,23H/b22-11+. The van der Waals surface area contributed by atoms with Gasteiger partial charge in [0.1, 0.15) is 5.69 Å². The van der Waals surface area contributed by atoms with Crippen LogP contribution in [-0.2, 0) is 0 Å². The van der Waals surface area contributed by atoms with Gasteiger partial charge in [-0.25, -0.2) is 0 Å². The number of fused-ring (bicyclic) bond motifs is 2. The van der Waals surface area contributed by atoms with E-state index in [1.807, 2.05) is 0 Å². The number of hydrazone groups is 1. The molecule has 3 aromatic carbocycles. The summed E-state index contributed by atoms with van der Waals surface area (Å²) in [6, 6.07) is 14.3. The summed E-state index contributed by atoms with van der Waals surface area (Å²) in [7, 11) is 0. The van der Waals surface area contributed by atoms with Crippen LogP contribution in [0.4, 0.5) is 17.1 Å². The fraction of sp³-hybridized carbons (Fsp3) is 0. The number of nitro groups is 2. The van der Waals surface area contributed by atoms with Gasteiger partial charge in [-0.3, -0.25) is 35.2 Å². The second kappa shape index (κ2) is 7.59. The molecule has 0 saturated carbocycles. The predicted molar refractivity (Wildman–Crippen MR) is 111 cm³/mol. The molecule has 1 aliphatic rings. The molecule has 152 valence electrons. The number of nitro benzene ring substituents is 2. The van der Waals surface area contributed by atoms with Crippen molar-refractivity contribution in [1.82, 2.24) is 0 Å². The summed E-state index contributed by atoms with van der Waals surface area (Å²) in [6.07, 6.45) is 1.32. The monoisotopic (exact) mass is 416 g/mol. The molecule has 0 spiro atoms. The minimum atomic E-state index is -0.758. The first kappa shape index (κ1) is 19.6. The molecule has 10 nitrogen and oxygen atoms in total. The SMILES string of the molecule is O=C1c2ccccc2C(=O)c2cc(/C=N/Nc3ccc([N+](=O)[O-])cc3[N+](=O)[O-])ccc21. The molecule has 1 aliphatic carbocycles. The number of nitrogens with one attached hydrogen (secondary N) is 1. The van der Waals surface area contributed by atoms with E-state index in [4.69, 9.17) is 0 Å². The van der Waals surface area contributed by atoms with Crippen molar-refractivity contribution in [3.63, 3.8) is 0 Å². The lowest BCUT2D eigenvalue weighted by atomic mass is 9.83. The Balaban J connectivity index is 1.61. The average Bonchev–Trinajstić information content (AvgIpc) is 2.77. The third kappa shape index (κ3) is 3.53. The van der Waals surface area contributed by atoms with Crippen molar-refractivity contribution in [3.05, 3.63) is 109 Å². The maximum atomic E-state index is 12.8. The number of non-ortho nitro benzene ring substituents is 1. The summed E-state index contributed by atoms with van der Waals surface area (Å²) in [4.78, 5) is 45.9. The fourth-order valence-electron chi connectivity index (χ4n) is 3.25. The lowest BCUT2D eigenvalue weighted by Gasteiger charge is -2.17. The first-order valence-electron chi connectivity index (χ1n) is 8.91. The predicted octanol–water partition coefficient (Wildman–Crippen LogP) is 3.72. The van der Waals surface area contributed by atoms with Crippen molar-refractivity contribution in [2.75, 3.05) is 5.43 Å². The highest BCUT2D eigenvalue weighted by Gasteiger charge is 2.29. The fourth-order valence-corrected chi connectivity index (χ4v) is 3.25. The van der Waals surface area contributed by atoms with Crippen LogP contribution in [0, 0.1) is 20.2 Å².